The number of nitrogens with zero attached hydrogens (tertiary/aromatic N) is 1. The topological polar surface area (TPSA) is 40.6 Å². The summed E-state index contributed by atoms with van der Waals surface area (Å²) in [6, 6.07) is 3.72. The van der Waals surface area contributed by atoms with E-state index in [0.29, 0.717) is 19.8 Å². The molecule has 1 rings (SSSR count). The van der Waals surface area contributed by atoms with Crippen molar-refractivity contribution in [3.05, 3.63) is 24.5 Å². The van der Waals surface area contributed by atoms with Crippen molar-refractivity contribution in [2.75, 3.05) is 19.8 Å². The van der Waals surface area contributed by atoms with Gasteiger partial charge in [0.15, 0.2) is 6.29 Å². The van der Waals surface area contributed by atoms with Gasteiger partial charge in [-0.3, -0.25) is 4.98 Å². The zero-order valence-corrected chi connectivity index (χ0v) is 9.89. The standard InChI is InChI=1S/C12H19NO3/c1-3-14-12(15-4-2)7-9-16-11-6-5-8-13-10-11/h5-6,8,10,12H,3-4,7,9H2,1-2H3. The first-order valence-corrected chi connectivity index (χ1v) is 5.62. The van der Waals surface area contributed by atoms with E-state index in [4.69, 9.17) is 14.2 Å². The Labute approximate surface area is 96.5 Å². The quantitative estimate of drug-likeness (QED) is 0.636. The Balaban J connectivity index is 2.22. The normalized spacial score (nSPS) is 10.7. The minimum absolute atomic E-state index is 0.174. The van der Waals surface area contributed by atoms with Gasteiger partial charge in [-0.2, -0.15) is 0 Å². The van der Waals surface area contributed by atoms with E-state index >= 15 is 0 Å². The summed E-state index contributed by atoms with van der Waals surface area (Å²) in [5, 5.41) is 0. The van der Waals surface area contributed by atoms with E-state index in [-0.39, 0.29) is 6.29 Å². The minimum atomic E-state index is -0.174. The first-order valence-electron chi connectivity index (χ1n) is 5.62. The predicted molar refractivity (Wildman–Crippen MR) is 61.4 cm³/mol. The molecule has 0 aliphatic rings. The number of rotatable bonds is 8. The zero-order chi connectivity index (χ0) is 11.6. The highest BCUT2D eigenvalue weighted by Crippen LogP contribution is 2.08. The summed E-state index contributed by atoms with van der Waals surface area (Å²) < 4.78 is 16.3. The Morgan fingerprint density at radius 1 is 1.25 bits per heavy atom. The number of ether oxygens (including phenoxy) is 3. The maximum atomic E-state index is 5.51. The summed E-state index contributed by atoms with van der Waals surface area (Å²) in [4.78, 5) is 3.97. The van der Waals surface area contributed by atoms with Gasteiger partial charge in [0.05, 0.1) is 12.8 Å². The van der Waals surface area contributed by atoms with Gasteiger partial charge in [-0.15, -0.1) is 0 Å². The molecule has 0 saturated carbocycles. The van der Waals surface area contributed by atoms with Gasteiger partial charge in [0.2, 0.25) is 0 Å². The van der Waals surface area contributed by atoms with E-state index in [1.54, 1.807) is 12.4 Å². The van der Waals surface area contributed by atoms with Gasteiger partial charge in [-0.25, -0.2) is 0 Å². The summed E-state index contributed by atoms with van der Waals surface area (Å²) in [6.07, 6.45) is 3.95. The molecule has 4 heteroatoms. The van der Waals surface area contributed by atoms with Crippen molar-refractivity contribution in [1.82, 2.24) is 4.98 Å². The van der Waals surface area contributed by atoms with Crippen molar-refractivity contribution in [2.24, 2.45) is 0 Å². The molecule has 0 fully saturated rings. The van der Waals surface area contributed by atoms with Crippen molar-refractivity contribution in [2.45, 2.75) is 26.6 Å². The molecule has 0 saturated heterocycles. The van der Waals surface area contributed by atoms with Gasteiger partial charge < -0.3 is 14.2 Å². The zero-order valence-electron chi connectivity index (χ0n) is 9.89. The molecule has 0 bridgehead atoms. The molecule has 0 atom stereocenters. The molecule has 1 aromatic heterocycles. The van der Waals surface area contributed by atoms with Gasteiger partial charge in [0.25, 0.3) is 0 Å². The van der Waals surface area contributed by atoms with Crippen LogP contribution in [0, 0.1) is 0 Å². The Bertz CT molecular complexity index is 260. The van der Waals surface area contributed by atoms with E-state index < -0.39 is 0 Å². The maximum Gasteiger partial charge on any atom is 0.160 e. The van der Waals surface area contributed by atoms with Crippen LogP contribution in [0.2, 0.25) is 0 Å². The highest BCUT2D eigenvalue weighted by atomic mass is 16.7. The minimum Gasteiger partial charge on any atom is -0.492 e. The Morgan fingerprint density at radius 3 is 2.56 bits per heavy atom. The van der Waals surface area contributed by atoms with Crippen LogP contribution in [-0.4, -0.2) is 31.1 Å². The lowest BCUT2D eigenvalue weighted by Crippen LogP contribution is -2.20. The summed E-state index contributed by atoms with van der Waals surface area (Å²) in [5.74, 6) is 0.772. The van der Waals surface area contributed by atoms with Crippen LogP contribution in [0.5, 0.6) is 5.75 Å². The fourth-order valence-corrected chi connectivity index (χ4v) is 1.29. The van der Waals surface area contributed by atoms with Gasteiger partial charge in [-0.05, 0) is 26.0 Å². The summed E-state index contributed by atoms with van der Waals surface area (Å²) in [5.41, 5.74) is 0. The molecule has 1 heterocycles. The molecule has 0 spiro atoms. The van der Waals surface area contributed by atoms with Crippen LogP contribution in [0.15, 0.2) is 24.5 Å². The van der Waals surface area contributed by atoms with E-state index in [9.17, 15) is 0 Å². The van der Waals surface area contributed by atoms with Crippen LogP contribution in [0.4, 0.5) is 0 Å². The summed E-state index contributed by atoms with van der Waals surface area (Å²) in [7, 11) is 0. The molecule has 4 nitrogen and oxygen atoms in total. The van der Waals surface area contributed by atoms with E-state index in [1.165, 1.54) is 0 Å². The lowest BCUT2D eigenvalue weighted by atomic mass is 10.4. The van der Waals surface area contributed by atoms with Crippen molar-refractivity contribution in [3.63, 3.8) is 0 Å². The van der Waals surface area contributed by atoms with Gasteiger partial charge in [-0.1, -0.05) is 0 Å². The number of aromatic nitrogens is 1. The predicted octanol–water partition coefficient (Wildman–Crippen LogP) is 2.25. The highest BCUT2D eigenvalue weighted by molar-refractivity contribution is 5.15. The average Bonchev–Trinajstić information content (AvgIpc) is 2.31. The van der Waals surface area contributed by atoms with Crippen molar-refractivity contribution >= 4 is 0 Å². The molecule has 90 valence electrons. The molecule has 0 radical (unpaired) electrons. The third kappa shape index (κ3) is 5.09. The maximum absolute atomic E-state index is 5.51. The molecule has 0 aliphatic heterocycles. The lowest BCUT2D eigenvalue weighted by Gasteiger charge is -2.16. The Hall–Kier alpha value is -1.13. The van der Waals surface area contributed by atoms with Crippen LogP contribution in [0.25, 0.3) is 0 Å². The first-order chi connectivity index (χ1) is 7.86. The number of hydrogen-bond acceptors (Lipinski definition) is 4. The Morgan fingerprint density at radius 2 is 2.00 bits per heavy atom. The largest absolute Gasteiger partial charge is 0.492 e. The summed E-state index contributed by atoms with van der Waals surface area (Å²) in [6.45, 7) is 5.77. The molecule has 0 aromatic carbocycles. The average molecular weight is 225 g/mol. The second kappa shape index (κ2) is 8.07. The van der Waals surface area contributed by atoms with Gasteiger partial charge in [0, 0.05) is 25.8 Å². The highest BCUT2D eigenvalue weighted by Gasteiger charge is 2.07. The van der Waals surface area contributed by atoms with Crippen LogP contribution in [0.1, 0.15) is 20.3 Å². The fraction of sp³-hybridized carbons (Fsp3) is 0.583. The van der Waals surface area contributed by atoms with Gasteiger partial charge in [0.1, 0.15) is 5.75 Å². The van der Waals surface area contributed by atoms with Crippen molar-refractivity contribution < 1.29 is 14.2 Å². The molecule has 0 N–H and O–H groups in total. The van der Waals surface area contributed by atoms with Gasteiger partial charge >= 0.3 is 0 Å². The molecular weight excluding hydrogens is 206 g/mol. The summed E-state index contributed by atoms with van der Waals surface area (Å²) >= 11 is 0. The molecule has 0 amide bonds. The second-order valence-electron chi connectivity index (χ2n) is 3.17. The SMILES string of the molecule is CCOC(CCOc1cccnc1)OCC. The van der Waals surface area contributed by atoms with Crippen molar-refractivity contribution in [1.29, 1.82) is 0 Å². The fourth-order valence-electron chi connectivity index (χ4n) is 1.29. The monoisotopic (exact) mass is 225 g/mol. The number of hydrogen-bond donors (Lipinski definition) is 0. The van der Waals surface area contributed by atoms with Crippen molar-refractivity contribution in [3.8, 4) is 5.75 Å². The molecule has 1 aromatic rings. The van der Waals surface area contributed by atoms with E-state index in [0.717, 1.165) is 12.2 Å². The second-order valence-corrected chi connectivity index (χ2v) is 3.17. The third-order valence-electron chi connectivity index (χ3n) is 1.96. The number of pyridine rings is 1. The molecule has 0 unspecified atom stereocenters. The molecule has 0 aliphatic carbocycles. The molecular formula is C12H19NO3. The Kier molecular flexibility index (Phi) is 6.53. The third-order valence-corrected chi connectivity index (χ3v) is 1.96. The molecule has 16 heavy (non-hydrogen) atoms. The van der Waals surface area contributed by atoms with E-state index in [1.807, 2.05) is 26.0 Å². The smallest absolute Gasteiger partial charge is 0.160 e. The van der Waals surface area contributed by atoms with Crippen LogP contribution in [0.3, 0.4) is 0 Å². The van der Waals surface area contributed by atoms with Crippen LogP contribution in [-0.2, 0) is 9.47 Å². The van der Waals surface area contributed by atoms with Crippen LogP contribution >= 0.6 is 0 Å². The van der Waals surface area contributed by atoms with E-state index in [2.05, 4.69) is 4.98 Å². The first kappa shape index (κ1) is 12.9. The van der Waals surface area contributed by atoms with Crippen LogP contribution < -0.4 is 4.74 Å². The lowest BCUT2D eigenvalue weighted by molar-refractivity contribution is -0.142.